The number of benzene rings is 1. The number of likely N-dealkylation sites (tertiary alicyclic amines) is 1. The van der Waals surface area contributed by atoms with Crippen LogP contribution in [0.5, 0.6) is 5.75 Å². The van der Waals surface area contributed by atoms with Crippen molar-refractivity contribution in [1.29, 1.82) is 0 Å². The molecule has 3 aromatic rings. The zero-order valence-corrected chi connectivity index (χ0v) is 18.2. The average molecular weight is 425 g/mol. The fourth-order valence-electron chi connectivity index (χ4n) is 4.16. The van der Waals surface area contributed by atoms with Crippen LogP contribution < -0.4 is 10.3 Å². The third kappa shape index (κ3) is 4.32. The highest BCUT2D eigenvalue weighted by Gasteiger charge is 2.28. The minimum atomic E-state index is -0.257. The normalized spacial score (nSPS) is 15.3. The van der Waals surface area contributed by atoms with Gasteiger partial charge in [0, 0.05) is 25.2 Å². The van der Waals surface area contributed by atoms with Crippen LogP contribution in [0, 0.1) is 0 Å². The molecule has 0 atom stereocenters. The molecule has 1 aromatic carbocycles. The Hall–Kier alpha value is -3.20. The lowest BCUT2D eigenvalue weighted by molar-refractivity contribution is -0.136. The number of fused-ring (bicyclic) bond motifs is 1. The van der Waals surface area contributed by atoms with E-state index in [4.69, 9.17) is 4.74 Å². The molecule has 0 saturated carbocycles. The van der Waals surface area contributed by atoms with E-state index in [9.17, 15) is 9.59 Å². The van der Waals surface area contributed by atoms with Gasteiger partial charge in [0.15, 0.2) is 5.65 Å². The zero-order valence-electron chi connectivity index (χ0n) is 18.2. The van der Waals surface area contributed by atoms with Crippen molar-refractivity contribution in [3.8, 4) is 5.75 Å². The van der Waals surface area contributed by atoms with E-state index < -0.39 is 0 Å². The van der Waals surface area contributed by atoms with Gasteiger partial charge in [-0.05, 0) is 39.0 Å². The second-order valence-electron chi connectivity index (χ2n) is 8.05. The molecule has 0 unspecified atom stereocenters. The number of carbonyl (C=O) groups excluding carboxylic acids is 1. The topological polar surface area (TPSA) is 85.5 Å². The molecule has 0 N–H and O–H groups in total. The second kappa shape index (κ2) is 8.89. The van der Waals surface area contributed by atoms with Gasteiger partial charge in [0.1, 0.15) is 24.0 Å². The average Bonchev–Trinajstić information content (AvgIpc) is 3.16. The van der Waals surface area contributed by atoms with Gasteiger partial charge in [-0.25, -0.2) is 4.98 Å². The second-order valence-corrected chi connectivity index (χ2v) is 8.05. The fourth-order valence-corrected chi connectivity index (χ4v) is 4.16. The molecule has 0 radical (unpaired) electrons. The van der Waals surface area contributed by atoms with Crippen LogP contribution in [-0.2, 0) is 24.9 Å². The van der Waals surface area contributed by atoms with Gasteiger partial charge in [-0.3, -0.25) is 18.8 Å². The molecule has 0 bridgehead atoms. The summed E-state index contributed by atoms with van der Waals surface area (Å²) >= 11 is 0. The van der Waals surface area contributed by atoms with E-state index in [0.29, 0.717) is 17.6 Å². The number of methoxy groups -OCH3 is 1. The first-order valence-electron chi connectivity index (χ1n) is 10.4. The summed E-state index contributed by atoms with van der Waals surface area (Å²) < 4.78 is 8.42. The van der Waals surface area contributed by atoms with E-state index in [2.05, 4.69) is 22.0 Å². The Kier molecular flexibility index (Phi) is 6.03. The zero-order chi connectivity index (χ0) is 22.0. The highest BCUT2D eigenvalue weighted by atomic mass is 16.5. The van der Waals surface area contributed by atoms with Crippen LogP contribution in [0.4, 0.5) is 0 Å². The minimum Gasteiger partial charge on any atom is -0.496 e. The van der Waals surface area contributed by atoms with Crippen LogP contribution in [0.1, 0.15) is 18.4 Å². The summed E-state index contributed by atoms with van der Waals surface area (Å²) in [6.07, 6.45) is 4.72. The highest BCUT2D eigenvalue weighted by Crippen LogP contribution is 2.24. The van der Waals surface area contributed by atoms with Crippen LogP contribution in [0.25, 0.3) is 11.0 Å². The summed E-state index contributed by atoms with van der Waals surface area (Å²) in [6.45, 7) is 2.25. The van der Waals surface area contributed by atoms with E-state index in [1.807, 2.05) is 29.2 Å². The molecular formula is C22H28N6O3. The summed E-state index contributed by atoms with van der Waals surface area (Å²) in [5, 5.41) is 4.50. The van der Waals surface area contributed by atoms with Gasteiger partial charge in [-0.1, -0.05) is 18.2 Å². The lowest BCUT2D eigenvalue weighted by Crippen LogP contribution is -2.47. The Morgan fingerprint density at radius 2 is 1.97 bits per heavy atom. The molecule has 9 nitrogen and oxygen atoms in total. The van der Waals surface area contributed by atoms with Crippen molar-refractivity contribution in [1.82, 2.24) is 29.1 Å². The summed E-state index contributed by atoms with van der Waals surface area (Å²) in [5.74, 6) is 0.649. The predicted molar refractivity (Wildman–Crippen MR) is 117 cm³/mol. The monoisotopic (exact) mass is 424 g/mol. The van der Waals surface area contributed by atoms with Gasteiger partial charge in [-0.2, -0.15) is 5.10 Å². The van der Waals surface area contributed by atoms with Crippen molar-refractivity contribution in [2.45, 2.75) is 32.0 Å². The van der Waals surface area contributed by atoms with Crippen molar-refractivity contribution in [3.63, 3.8) is 0 Å². The maximum Gasteiger partial charge on any atom is 0.264 e. The van der Waals surface area contributed by atoms with Gasteiger partial charge in [-0.15, -0.1) is 0 Å². The maximum absolute atomic E-state index is 13.5. The number of carbonyl (C=O) groups is 1. The van der Waals surface area contributed by atoms with Gasteiger partial charge in [0.25, 0.3) is 5.56 Å². The summed E-state index contributed by atoms with van der Waals surface area (Å²) in [5.41, 5.74) is 1.20. The smallest absolute Gasteiger partial charge is 0.264 e. The number of aryl methyl sites for hydroxylation is 1. The lowest BCUT2D eigenvalue weighted by atomic mass is 10.0. The number of amides is 1. The molecule has 9 heteroatoms. The van der Waals surface area contributed by atoms with Gasteiger partial charge in [0.05, 0.1) is 13.3 Å². The molecule has 0 aliphatic carbocycles. The van der Waals surface area contributed by atoms with Gasteiger partial charge < -0.3 is 14.5 Å². The van der Waals surface area contributed by atoms with E-state index in [-0.39, 0.29) is 24.1 Å². The summed E-state index contributed by atoms with van der Waals surface area (Å²) in [4.78, 5) is 34.8. The van der Waals surface area contributed by atoms with Crippen LogP contribution in [-0.4, -0.2) is 68.3 Å². The molecule has 1 saturated heterocycles. The molecule has 1 aliphatic heterocycles. The number of nitrogens with zero attached hydrogens (tertiary/aromatic N) is 6. The number of rotatable bonds is 6. The summed E-state index contributed by atoms with van der Waals surface area (Å²) in [6, 6.07) is 7.85. The van der Waals surface area contributed by atoms with Crippen molar-refractivity contribution in [2.75, 3.05) is 27.2 Å². The molecule has 164 valence electrons. The molecule has 1 aliphatic rings. The first-order chi connectivity index (χ1) is 15.0. The Morgan fingerprint density at radius 3 is 2.71 bits per heavy atom. The quantitative estimate of drug-likeness (QED) is 0.592. The van der Waals surface area contributed by atoms with Crippen LogP contribution in [0.2, 0.25) is 0 Å². The number of para-hydroxylation sites is 1. The molecular weight excluding hydrogens is 396 g/mol. The van der Waals surface area contributed by atoms with Crippen LogP contribution in [0.3, 0.4) is 0 Å². The summed E-state index contributed by atoms with van der Waals surface area (Å²) in [7, 11) is 5.46. The number of ether oxygens (including phenoxy) is 1. The Labute approximate surface area is 180 Å². The van der Waals surface area contributed by atoms with Gasteiger partial charge >= 0.3 is 0 Å². The Balaban J connectivity index is 1.62. The SMILES string of the molecule is COc1ccccc1CN(C(=O)Cn1cnc2c(cnn2C)c1=O)C1CCN(C)CC1. The van der Waals surface area contributed by atoms with Crippen molar-refractivity contribution < 1.29 is 9.53 Å². The lowest BCUT2D eigenvalue weighted by Gasteiger charge is -2.37. The molecule has 0 spiro atoms. The fraction of sp³-hybridized carbons (Fsp3) is 0.455. The Morgan fingerprint density at radius 1 is 1.23 bits per heavy atom. The largest absolute Gasteiger partial charge is 0.496 e. The third-order valence-corrected chi connectivity index (χ3v) is 6.01. The number of hydrogen-bond acceptors (Lipinski definition) is 6. The molecule has 31 heavy (non-hydrogen) atoms. The van der Waals surface area contributed by atoms with E-state index in [1.165, 1.54) is 17.1 Å². The molecule has 3 heterocycles. The Bertz CT molecular complexity index is 1130. The van der Waals surface area contributed by atoms with E-state index in [0.717, 1.165) is 37.2 Å². The van der Waals surface area contributed by atoms with Crippen LogP contribution in [0.15, 0.2) is 41.6 Å². The molecule has 1 fully saturated rings. The van der Waals surface area contributed by atoms with Crippen LogP contribution >= 0.6 is 0 Å². The number of aromatic nitrogens is 4. The first kappa shape index (κ1) is 21.0. The maximum atomic E-state index is 13.5. The van der Waals surface area contributed by atoms with Crippen molar-refractivity contribution in [2.24, 2.45) is 7.05 Å². The first-order valence-corrected chi connectivity index (χ1v) is 10.4. The molecule has 1 amide bonds. The number of piperidine rings is 1. The third-order valence-electron chi connectivity index (χ3n) is 6.01. The van der Waals surface area contributed by atoms with Gasteiger partial charge in [0.2, 0.25) is 5.91 Å². The minimum absolute atomic E-state index is 0.0574. The van der Waals surface area contributed by atoms with Crippen molar-refractivity contribution >= 4 is 16.9 Å². The predicted octanol–water partition coefficient (Wildman–Crippen LogP) is 1.26. The van der Waals surface area contributed by atoms with Crippen molar-refractivity contribution in [3.05, 3.63) is 52.7 Å². The standard InChI is InChI=1S/C22H28N6O3/c1-25-10-8-17(9-11-25)28(13-16-6-4-5-7-19(16)31-3)20(29)14-27-15-23-21-18(22(27)30)12-24-26(21)2/h4-7,12,15,17H,8-11,13-14H2,1-3H3. The number of hydrogen-bond donors (Lipinski definition) is 0. The molecule has 2 aromatic heterocycles. The van der Waals surface area contributed by atoms with E-state index >= 15 is 0 Å². The molecule has 4 rings (SSSR count). The van der Waals surface area contributed by atoms with E-state index in [1.54, 1.807) is 18.8 Å². The highest BCUT2D eigenvalue weighted by molar-refractivity contribution is 5.77.